The number of amides is 4. The molecule has 0 unspecified atom stereocenters. The minimum absolute atomic E-state index is 0.0445. The van der Waals surface area contributed by atoms with E-state index < -0.39 is 0 Å². The highest BCUT2D eigenvalue weighted by Gasteiger charge is 2.23. The van der Waals surface area contributed by atoms with Crippen molar-refractivity contribution in [3.63, 3.8) is 0 Å². The Morgan fingerprint density at radius 1 is 1.05 bits per heavy atom. The van der Waals surface area contributed by atoms with Crippen molar-refractivity contribution in [1.29, 1.82) is 0 Å². The largest absolute Gasteiger partial charge is 0.346 e. The molecule has 1 saturated heterocycles. The summed E-state index contributed by atoms with van der Waals surface area (Å²) in [6, 6.07) is -0.106. The van der Waals surface area contributed by atoms with E-state index in [-0.39, 0.29) is 30.9 Å². The SMILES string of the molecule is CCNC(=O)N1CCN(C(=O)CNC(=O)CN)CC1. The number of nitrogens with one attached hydrogen (secondary N) is 2. The van der Waals surface area contributed by atoms with Crippen LogP contribution in [-0.2, 0) is 9.59 Å². The van der Waals surface area contributed by atoms with Crippen LogP contribution in [0.2, 0.25) is 0 Å². The molecule has 1 rings (SSSR count). The molecule has 8 nitrogen and oxygen atoms in total. The summed E-state index contributed by atoms with van der Waals surface area (Å²) in [6.45, 7) is 4.24. The summed E-state index contributed by atoms with van der Waals surface area (Å²) >= 11 is 0. The lowest BCUT2D eigenvalue weighted by Crippen LogP contribution is -2.54. The molecular weight excluding hydrogens is 250 g/mol. The van der Waals surface area contributed by atoms with Crippen LogP contribution in [0, 0.1) is 0 Å². The highest BCUT2D eigenvalue weighted by Crippen LogP contribution is 2.02. The summed E-state index contributed by atoms with van der Waals surface area (Å²) in [4.78, 5) is 37.6. The Kier molecular flexibility index (Phi) is 6.07. The Morgan fingerprint density at radius 3 is 2.16 bits per heavy atom. The van der Waals surface area contributed by atoms with Crippen LogP contribution >= 0.6 is 0 Å². The van der Waals surface area contributed by atoms with E-state index in [1.54, 1.807) is 9.80 Å². The fraction of sp³-hybridized carbons (Fsp3) is 0.727. The third kappa shape index (κ3) is 4.74. The maximum Gasteiger partial charge on any atom is 0.317 e. The summed E-state index contributed by atoms with van der Waals surface area (Å²) in [5.41, 5.74) is 5.13. The molecule has 1 aliphatic rings. The van der Waals surface area contributed by atoms with E-state index in [0.29, 0.717) is 32.7 Å². The first-order valence-corrected chi connectivity index (χ1v) is 6.35. The van der Waals surface area contributed by atoms with Crippen LogP contribution in [0.15, 0.2) is 0 Å². The minimum atomic E-state index is -0.352. The van der Waals surface area contributed by atoms with Gasteiger partial charge in [-0.3, -0.25) is 9.59 Å². The Morgan fingerprint density at radius 2 is 1.63 bits per heavy atom. The third-order valence-electron chi connectivity index (χ3n) is 2.87. The van der Waals surface area contributed by atoms with E-state index in [1.807, 2.05) is 6.92 Å². The van der Waals surface area contributed by atoms with Crippen molar-refractivity contribution in [2.45, 2.75) is 6.92 Å². The van der Waals surface area contributed by atoms with Crippen molar-refractivity contribution in [3.05, 3.63) is 0 Å². The summed E-state index contributed by atoms with van der Waals surface area (Å²) in [6.07, 6.45) is 0. The van der Waals surface area contributed by atoms with Crippen LogP contribution in [0.25, 0.3) is 0 Å². The van der Waals surface area contributed by atoms with Crippen LogP contribution in [0.5, 0.6) is 0 Å². The molecule has 4 amide bonds. The first-order chi connectivity index (χ1) is 9.08. The molecule has 0 bridgehead atoms. The Hall–Kier alpha value is -1.83. The zero-order chi connectivity index (χ0) is 14.3. The van der Waals surface area contributed by atoms with Crippen LogP contribution in [0.3, 0.4) is 0 Å². The Balaban J connectivity index is 2.31. The monoisotopic (exact) mass is 271 g/mol. The number of piperazine rings is 1. The molecule has 4 N–H and O–H groups in total. The smallest absolute Gasteiger partial charge is 0.317 e. The van der Waals surface area contributed by atoms with E-state index in [4.69, 9.17) is 5.73 Å². The molecule has 0 saturated carbocycles. The van der Waals surface area contributed by atoms with Crippen molar-refractivity contribution >= 4 is 17.8 Å². The van der Waals surface area contributed by atoms with Crippen LogP contribution in [-0.4, -0.2) is 73.5 Å². The molecule has 19 heavy (non-hydrogen) atoms. The van der Waals surface area contributed by atoms with Crippen molar-refractivity contribution in [3.8, 4) is 0 Å². The molecule has 0 aromatic heterocycles. The highest BCUT2D eigenvalue weighted by atomic mass is 16.2. The first kappa shape index (κ1) is 15.2. The van der Waals surface area contributed by atoms with Crippen molar-refractivity contribution in [2.24, 2.45) is 5.73 Å². The maximum atomic E-state index is 11.8. The number of hydrogen-bond donors (Lipinski definition) is 3. The zero-order valence-electron chi connectivity index (χ0n) is 11.1. The second-order valence-corrected chi connectivity index (χ2v) is 4.18. The zero-order valence-corrected chi connectivity index (χ0v) is 11.1. The van der Waals surface area contributed by atoms with Crippen molar-refractivity contribution in [2.75, 3.05) is 45.8 Å². The molecule has 1 fully saturated rings. The molecule has 1 heterocycles. The predicted molar refractivity (Wildman–Crippen MR) is 69.3 cm³/mol. The molecule has 0 aliphatic carbocycles. The third-order valence-corrected chi connectivity index (χ3v) is 2.87. The molecule has 0 spiro atoms. The van der Waals surface area contributed by atoms with Crippen LogP contribution in [0.1, 0.15) is 6.92 Å². The van der Waals surface area contributed by atoms with Gasteiger partial charge in [0.2, 0.25) is 11.8 Å². The number of hydrogen-bond acceptors (Lipinski definition) is 4. The van der Waals surface area contributed by atoms with Gasteiger partial charge in [-0.05, 0) is 6.92 Å². The molecular formula is C11H21N5O3. The Bertz CT molecular complexity index is 339. The molecule has 0 aromatic carbocycles. The average Bonchev–Trinajstić information content (AvgIpc) is 2.44. The van der Waals surface area contributed by atoms with Gasteiger partial charge >= 0.3 is 6.03 Å². The standard InChI is InChI=1S/C11H21N5O3/c1-2-13-11(19)16-5-3-15(4-6-16)10(18)8-14-9(17)7-12/h2-8,12H2,1H3,(H,13,19)(H,14,17). The summed E-state index contributed by atoms with van der Waals surface area (Å²) < 4.78 is 0. The van der Waals surface area contributed by atoms with Gasteiger partial charge in [-0.25, -0.2) is 4.79 Å². The molecule has 108 valence electrons. The first-order valence-electron chi connectivity index (χ1n) is 6.35. The lowest BCUT2D eigenvalue weighted by molar-refractivity contribution is -0.133. The topological polar surface area (TPSA) is 108 Å². The number of carbonyl (C=O) groups excluding carboxylic acids is 3. The maximum absolute atomic E-state index is 11.8. The van der Waals surface area contributed by atoms with Gasteiger partial charge in [0, 0.05) is 32.7 Å². The number of carbonyl (C=O) groups is 3. The second kappa shape index (κ2) is 7.57. The fourth-order valence-electron chi connectivity index (χ4n) is 1.78. The van der Waals surface area contributed by atoms with Gasteiger partial charge in [-0.2, -0.15) is 0 Å². The van der Waals surface area contributed by atoms with Crippen molar-refractivity contribution in [1.82, 2.24) is 20.4 Å². The number of urea groups is 1. The minimum Gasteiger partial charge on any atom is -0.346 e. The second-order valence-electron chi connectivity index (χ2n) is 4.18. The van der Waals surface area contributed by atoms with Gasteiger partial charge in [0.1, 0.15) is 0 Å². The Labute approximate surface area is 112 Å². The van der Waals surface area contributed by atoms with Gasteiger partial charge < -0.3 is 26.2 Å². The molecule has 1 aliphatic heterocycles. The van der Waals surface area contributed by atoms with Crippen LogP contribution in [0.4, 0.5) is 4.79 Å². The van der Waals surface area contributed by atoms with E-state index >= 15 is 0 Å². The number of rotatable bonds is 4. The number of nitrogens with zero attached hydrogens (tertiary/aromatic N) is 2. The summed E-state index contributed by atoms with van der Waals surface area (Å²) in [5.74, 6) is -0.508. The van der Waals surface area contributed by atoms with Gasteiger partial charge in [-0.15, -0.1) is 0 Å². The van der Waals surface area contributed by atoms with Gasteiger partial charge in [0.15, 0.2) is 0 Å². The van der Waals surface area contributed by atoms with E-state index in [2.05, 4.69) is 10.6 Å². The van der Waals surface area contributed by atoms with Gasteiger partial charge in [0.05, 0.1) is 13.1 Å². The summed E-state index contributed by atoms with van der Waals surface area (Å²) in [5, 5.41) is 5.16. The lowest BCUT2D eigenvalue weighted by atomic mass is 10.3. The van der Waals surface area contributed by atoms with Gasteiger partial charge in [0.25, 0.3) is 0 Å². The predicted octanol–water partition coefficient (Wildman–Crippen LogP) is -2.06. The molecule has 0 atom stereocenters. The molecule has 0 radical (unpaired) electrons. The average molecular weight is 271 g/mol. The fourth-order valence-corrected chi connectivity index (χ4v) is 1.78. The van der Waals surface area contributed by atoms with Gasteiger partial charge in [-0.1, -0.05) is 0 Å². The highest BCUT2D eigenvalue weighted by molar-refractivity contribution is 5.85. The number of nitrogens with two attached hydrogens (primary N) is 1. The van der Waals surface area contributed by atoms with Crippen molar-refractivity contribution < 1.29 is 14.4 Å². The van der Waals surface area contributed by atoms with E-state index in [9.17, 15) is 14.4 Å². The van der Waals surface area contributed by atoms with Crippen LogP contribution < -0.4 is 16.4 Å². The molecule has 0 aromatic rings. The van der Waals surface area contributed by atoms with E-state index in [0.717, 1.165) is 0 Å². The van der Waals surface area contributed by atoms with E-state index in [1.165, 1.54) is 0 Å². The lowest BCUT2D eigenvalue weighted by Gasteiger charge is -2.34. The normalized spacial score (nSPS) is 15.1. The summed E-state index contributed by atoms with van der Waals surface area (Å²) in [7, 11) is 0. The quantitative estimate of drug-likeness (QED) is 0.546. The molecule has 8 heteroatoms.